The van der Waals surface area contributed by atoms with Gasteiger partial charge in [0.15, 0.2) is 5.89 Å². The summed E-state index contributed by atoms with van der Waals surface area (Å²) >= 11 is 0. The van der Waals surface area contributed by atoms with Gasteiger partial charge in [0.2, 0.25) is 0 Å². The smallest absolute Gasteiger partial charge is 0.272 e. The molecule has 1 aliphatic rings. The number of nitrogens with zero attached hydrogens (tertiary/aromatic N) is 3. The van der Waals surface area contributed by atoms with Crippen molar-refractivity contribution in [3.8, 4) is 0 Å². The first kappa shape index (κ1) is 22.9. The minimum absolute atomic E-state index is 0.0180. The molecule has 1 fully saturated rings. The van der Waals surface area contributed by atoms with Gasteiger partial charge in [0.05, 0.1) is 12.1 Å². The van der Waals surface area contributed by atoms with Gasteiger partial charge < -0.3 is 9.32 Å². The molecule has 2 aromatic carbocycles. The Bertz CT molecular complexity index is 1340. The van der Waals surface area contributed by atoms with Crippen LogP contribution in [-0.2, 0) is 12.8 Å². The zero-order valence-corrected chi connectivity index (χ0v) is 19.2. The fourth-order valence-electron chi connectivity index (χ4n) is 4.50. The minimum atomic E-state index is -0.285. The molecule has 1 amide bonds. The molecule has 2 aromatic heterocycles. The molecule has 5 nitrogen and oxygen atoms in total. The molecule has 0 saturated carbocycles. The Hall–Kier alpha value is -3.87. The molecule has 0 unspecified atom stereocenters. The summed E-state index contributed by atoms with van der Waals surface area (Å²) in [6.07, 6.45) is 4.14. The summed E-state index contributed by atoms with van der Waals surface area (Å²) < 4.78 is 33.5. The average Bonchev–Trinajstić information content (AvgIpc) is 3.34. The van der Waals surface area contributed by atoms with E-state index in [1.54, 1.807) is 53.6 Å². The van der Waals surface area contributed by atoms with E-state index in [0.717, 1.165) is 18.4 Å². The maximum atomic E-state index is 14.0. The van der Waals surface area contributed by atoms with Gasteiger partial charge in [-0.1, -0.05) is 36.4 Å². The molecule has 5 rings (SSSR count). The molecule has 0 radical (unpaired) electrons. The van der Waals surface area contributed by atoms with Gasteiger partial charge >= 0.3 is 0 Å². The second kappa shape index (κ2) is 10.2. The molecule has 1 atom stereocenters. The molecular weight excluding hydrogens is 448 g/mol. The topological polar surface area (TPSA) is 59.2 Å². The summed E-state index contributed by atoms with van der Waals surface area (Å²) in [6.45, 7) is 1.11. The fourth-order valence-corrected chi connectivity index (χ4v) is 4.50. The van der Waals surface area contributed by atoms with Crippen molar-refractivity contribution in [3.05, 3.63) is 119 Å². The molecule has 3 heterocycles. The van der Waals surface area contributed by atoms with Crippen LogP contribution in [0.2, 0.25) is 0 Å². The second-order valence-corrected chi connectivity index (χ2v) is 8.84. The van der Waals surface area contributed by atoms with Crippen LogP contribution in [0.3, 0.4) is 0 Å². The maximum absolute atomic E-state index is 14.0. The molecule has 35 heavy (non-hydrogen) atoms. The number of piperidine rings is 1. The van der Waals surface area contributed by atoms with E-state index in [1.165, 1.54) is 18.2 Å². The Kier molecular flexibility index (Phi) is 6.66. The van der Waals surface area contributed by atoms with Crippen LogP contribution in [0.25, 0.3) is 0 Å². The largest absolute Gasteiger partial charge is 0.445 e. The number of pyridine rings is 1. The third-order valence-electron chi connectivity index (χ3n) is 6.25. The molecular formula is C28H25F2N3O2. The normalized spacial score (nSPS) is 15.8. The molecule has 178 valence electrons. The van der Waals surface area contributed by atoms with Gasteiger partial charge in [0.1, 0.15) is 23.1 Å². The zero-order valence-electron chi connectivity index (χ0n) is 19.2. The first-order valence-electron chi connectivity index (χ1n) is 11.7. The van der Waals surface area contributed by atoms with Crippen LogP contribution in [0.4, 0.5) is 8.78 Å². The lowest BCUT2D eigenvalue weighted by atomic mass is 9.97. The first-order valence-corrected chi connectivity index (χ1v) is 11.7. The second-order valence-electron chi connectivity index (χ2n) is 8.84. The van der Waals surface area contributed by atoms with Crippen LogP contribution in [-0.4, -0.2) is 33.9 Å². The quantitative estimate of drug-likeness (QED) is 0.369. The highest BCUT2D eigenvalue weighted by Gasteiger charge is 2.29. The van der Waals surface area contributed by atoms with Crippen molar-refractivity contribution in [2.75, 3.05) is 13.1 Å². The third-order valence-corrected chi connectivity index (χ3v) is 6.25. The van der Waals surface area contributed by atoms with Crippen LogP contribution in [0.15, 0.2) is 77.3 Å². The van der Waals surface area contributed by atoms with Crippen LogP contribution in [0.1, 0.15) is 57.7 Å². The van der Waals surface area contributed by atoms with Crippen molar-refractivity contribution >= 4 is 5.91 Å². The lowest BCUT2D eigenvalue weighted by Gasteiger charge is -2.31. The number of benzene rings is 2. The van der Waals surface area contributed by atoms with Crippen LogP contribution < -0.4 is 0 Å². The summed E-state index contributed by atoms with van der Waals surface area (Å²) in [5, 5.41) is 0. The first-order chi connectivity index (χ1) is 17.0. The third kappa shape index (κ3) is 5.45. The van der Waals surface area contributed by atoms with Gasteiger partial charge in [-0.2, -0.15) is 0 Å². The Morgan fingerprint density at radius 1 is 1.03 bits per heavy atom. The zero-order chi connectivity index (χ0) is 24.2. The van der Waals surface area contributed by atoms with E-state index in [2.05, 4.69) is 9.97 Å². The van der Waals surface area contributed by atoms with Crippen molar-refractivity contribution in [2.45, 2.75) is 31.6 Å². The Balaban J connectivity index is 1.26. The van der Waals surface area contributed by atoms with Crippen molar-refractivity contribution in [1.29, 1.82) is 0 Å². The van der Waals surface area contributed by atoms with Crippen LogP contribution >= 0.6 is 0 Å². The lowest BCUT2D eigenvalue weighted by molar-refractivity contribution is 0.0691. The number of carbonyl (C=O) groups is 1. The van der Waals surface area contributed by atoms with Gasteiger partial charge in [-0.25, -0.2) is 18.7 Å². The van der Waals surface area contributed by atoms with Crippen LogP contribution in [0.5, 0.6) is 0 Å². The fraction of sp³-hybridized carbons (Fsp3) is 0.250. The number of oxazole rings is 1. The molecule has 7 heteroatoms. The summed E-state index contributed by atoms with van der Waals surface area (Å²) in [5.74, 6) is 0.516. The van der Waals surface area contributed by atoms with Crippen molar-refractivity contribution in [2.24, 2.45) is 0 Å². The molecule has 1 aliphatic heterocycles. The predicted molar refractivity (Wildman–Crippen MR) is 127 cm³/mol. The van der Waals surface area contributed by atoms with Gasteiger partial charge in [-0.3, -0.25) is 4.79 Å². The molecule has 0 spiro atoms. The lowest BCUT2D eigenvalue weighted by Crippen LogP contribution is -2.39. The van der Waals surface area contributed by atoms with E-state index in [4.69, 9.17) is 4.42 Å². The van der Waals surface area contributed by atoms with Gasteiger partial charge in [-0.05, 0) is 54.3 Å². The summed E-state index contributed by atoms with van der Waals surface area (Å²) in [4.78, 5) is 24.0. The van der Waals surface area contributed by atoms with Crippen molar-refractivity contribution in [3.63, 3.8) is 0 Å². The number of rotatable bonds is 6. The highest BCUT2D eigenvalue weighted by Crippen LogP contribution is 2.28. The number of hydrogen-bond acceptors (Lipinski definition) is 4. The number of aromatic nitrogens is 2. The number of amides is 1. The standard InChI is InChI=1S/C28H25F2N3O2/c29-22-9-3-6-19(14-22)15-24-17-31-27(35-24)21-8-5-13-33(18-21)28(34)26-12-4-10-23(32-26)16-20-7-1-2-11-25(20)30/h1-4,6-7,9-12,14,17,21H,5,8,13,15-16,18H2/t21-/m0/s1. The summed E-state index contributed by atoms with van der Waals surface area (Å²) in [5.41, 5.74) is 2.35. The van der Waals surface area contributed by atoms with Crippen LogP contribution in [0, 0.1) is 11.6 Å². The highest BCUT2D eigenvalue weighted by molar-refractivity contribution is 5.92. The minimum Gasteiger partial charge on any atom is -0.445 e. The summed E-state index contributed by atoms with van der Waals surface area (Å²) in [7, 11) is 0. The van der Waals surface area contributed by atoms with Gasteiger partial charge in [0, 0.05) is 31.6 Å². The average molecular weight is 474 g/mol. The Morgan fingerprint density at radius 3 is 2.74 bits per heavy atom. The van der Waals surface area contributed by atoms with E-state index in [-0.39, 0.29) is 23.5 Å². The number of hydrogen-bond donors (Lipinski definition) is 0. The Morgan fingerprint density at radius 2 is 1.89 bits per heavy atom. The molecule has 0 bridgehead atoms. The number of carbonyl (C=O) groups excluding carboxylic acids is 1. The Labute approximate surface area is 202 Å². The van der Waals surface area contributed by atoms with Gasteiger partial charge in [0.25, 0.3) is 5.91 Å². The molecule has 0 aliphatic carbocycles. The SMILES string of the molecule is O=C(c1cccc(Cc2ccccc2F)n1)N1CCC[C@H](c2ncc(Cc3cccc(F)c3)o2)C1. The van der Waals surface area contributed by atoms with E-state index in [1.807, 2.05) is 6.07 Å². The van der Waals surface area contributed by atoms with E-state index in [9.17, 15) is 13.6 Å². The number of halogens is 2. The highest BCUT2D eigenvalue weighted by atomic mass is 19.1. The molecule has 0 N–H and O–H groups in total. The van der Waals surface area contributed by atoms with Gasteiger partial charge in [-0.15, -0.1) is 0 Å². The number of likely N-dealkylation sites (tertiary alicyclic amines) is 1. The molecule has 4 aromatic rings. The predicted octanol–water partition coefficient (Wildman–Crippen LogP) is 5.55. The van der Waals surface area contributed by atoms with E-state index < -0.39 is 0 Å². The van der Waals surface area contributed by atoms with E-state index >= 15 is 0 Å². The summed E-state index contributed by atoms with van der Waals surface area (Å²) in [6, 6.07) is 18.3. The van der Waals surface area contributed by atoms with Crippen molar-refractivity contribution in [1.82, 2.24) is 14.9 Å². The van der Waals surface area contributed by atoms with E-state index in [0.29, 0.717) is 54.5 Å². The maximum Gasteiger partial charge on any atom is 0.272 e. The van der Waals surface area contributed by atoms with Crippen molar-refractivity contribution < 1.29 is 18.0 Å². The monoisotopic (exact) mass is 473 g/mol. The molecule has 1 saturated heterocycles.